The Bertz CT molecular complexity index is 3560. The van der Waals surface area contributed by atoms with E-state index in [1.807, 2.05) is 0 Å². The summed E-state index contributed by atoms with van der Waals surface area (Å²) in [7, 11) is 3.57. The van der Waals surface area contributed by atoms with Gasteiger partial charge in [-0.3, -0.25) is 37.7 Å². The first-order valence-corrected chi connectivity index (χ1v) is 23.5. The summed E-state index contributed by atoms with van der Waals surface area (Å²) in [5.41, 5.74) is 1.09. The Balaban J connectivity index is 0.000000202. The molecule has 0 saturated carbocycles. The summed E-state index contributed by atoms with van der Waals surface area (Å²) >= 11 is 4.71. The summed E-state index contributed by atoms with van der Waals surface area (Å²) in [5.74, 6) is -3.83. The van der Waals surface area contributed by atoms with Crippen molar-refractivity contribution in [3.05, 3.63) is 155 Å². The van der Waals surface area contributed by atoms with Gasteiger partial charge in [0.15, 0.2) is 34.6 Å². The van der Waals surface area contributed by atoms with Crippen LogP contribution < -0.4 is 36.5 Å². The Hall–Kier alpha value is -8.77. The maximum atomic E-state index is 14.3. The van der Waals surface area contributed by atoms with Crippen LogP contribution in [0, 0.1) is 23.3 Å². The van der Waals surface area contributed by atoms with Gasteiger partial charge in [0.05, 0.1) is 35.9 Å². The number of ether oxygens (including phenoxy) is 2. The number of carbonyl (C=O) groups is 2. The number of fused-ring (bicyclic) bond motifs is 2. The van der Waals surface area contributed by atoms with Gasteiger partial charge >= 0.3 is 0 Å². The van der Waals surface area contributed by atoms with Crippen molar-refractivity contribution in [2.24, 2.45) is 14.1 Å². The number of amides is 1. The molecule has 8 heterocycles. The molecule has 3 N–H and O–H groups in total. The molecule has 2 aromatic carbocycles. The van der Waals surface area contributed by atoms with Crippen LogP contribution in [0.2, 0.25) is 0 Å². The molecule has 0 spiro atoms. The largest absolute Gasteiger partial charge is 0.448 e. The number of nitrogens with zero attached hydrogens (tertiary/aromatic N) is 11. The number of allylic oxidation sites excluding steroid dienone is 1. The highest BCUT2D eigenvalue weighted by Gasteiger charge is 2.28. The number of piperidine rings is 2. The molecule has 2 saturated heterocycles. The Kier molecular flexibility index (Phi) is 17.7. The minimum absolute atomic E-state index is 0. The van der Waals surface area contributed by atoms with E-state index >= 15 is 0 Å². The average Bonchev–Trinajstić information content (AvgIpc) is 4.02. The number of benzene rings is 2. The van der Waals surface area contributed by atoms with E-state index in [2.05, 4.69) is 59.2 Å². The fraction of sp³-hybridized carbons (Fsp3) is 0.255. The van der Waals surface area contributed by atoms with E-state index in [0.717, 1.165) is 49.7 Å². The van der Waals surface area contributed by atoms with E-state index in [1.54, 1.807) is 63.9 Å². The molecule has 2 aliphatic rings. The van der Waals surface area contributed by atoms with Gasteiger partial charge < -0.3 is 30.3 Å². The lowest BCUT2D eigenvalue weighted by molar-refractivity contribution is -0.127. The summed E-state index contributed by atoms with van der Waals surface area (Å²) in [6.45, 7) is 8.87. The first kappa shape index (κ1) is 55.0. The van der Waals surface area contributed by atoms with E-state index in [9.17, 15) is 36.7 Å². The van der Waals surface area contributed by atoms with Gasteiger partial charge in [0.1, 0.15) is 22.9 Å². The molecule has 10 rings (SSSR count). The Morgan fingerprint density at radius 3 is 1.62 bits per heavy atom. The number of hydrogen-bond acceptors (Lipinski definition) is 15. The van der Waals surface area contributed by atoms with E-state index < -0.39 is 45.7 Å². The molecule has 0 aliphatic carbocycles. The Morgan fingerprint density at radius 1 is 0.711 bits per heavy atom. The molecular formula is C51H51ClF4N14O6. The first-order valence-electron chi connectivity index (χ1n) is 23.1. The molecule has 25 heteroatoms. The topological polar surface area (TPSA) is 223 Å². The zero-order chi connectivity index (χ0) is 53.3. The third kappa shape index (κ3) is 13.1. The summed E-state index contributed by atoms with van der Waals surface area (Å²) < 4.78 is 72.6. The summed E-state index contributed by atoms with van der Waals surface area (Å²) in [6.07, 6.45) is 15.0. The van der Waals surface area contributed by atoms with E-state index in [4.69, 9.17) is 21.1 Å². The van der Waals surface area contributed by atoms with Gasteiger partial charge in [-0.05, 0) is 92.4 Å². The van der Waals surface area contributed by atoms with Gasteiger partial charge in [0, 0.05) is 81.4 Å². The minimum Gasteiger partial charge on any atom is -0.448 e. The van der Waals surface area contributed by atoms with Gasteiger partial charge in [-0.15, -0.1) is 0 Å². The molecule has 2 atom stereocenters. The number of aryl methyl sites for hydroxylation is 2. The van der Waals surface area contributed by atoms with Gasteiger partial charge in [0.25, 0.3) is 11.1 Å². The van der Waals surface area contributed by atoms with Crippen molar-refractivity contribution >= 4 is 68.1 Å². The molecule has 1 amide bonds. The van der Waals surface area contributed by atoms with Crippen molar-refractivity contribution in [1.29, 1.82) is 0 Å². The number of hydrogen-bond donors (Lipinski definition) is 3. The fourth-order valence-electron chi connectivity index (χ4n) is 8.26. The number of carbonyl (C=O) groups excluding carboxylic acids is 2. The maximum absolute atomic E-state index is 14.3. The van der Waals surface area contributed by atoms with Gasteiger partial charge in [-0.1, -0.05) is 20.6 Å². The second-order valence-corrected chi connectivity index (χ2v) is 17.4. The van der Waals surface area contributed by atoms with Crippen LogP contribution in [0.25, 0.3) is 22.1 Å². The highest BCUT2D eigenvalue weighted by atomic mass is 35.5. The summed E-state index contributed by atoms with van der Waals surface area (Å²) in [6, 6.07) is 8.04. The molecule has 0 radical (unpaired) electrons. The predicted octanol–water partition coefficient (Wildman–Crippen LogP) is 8.53. The van der Waals surface area contributed by atoms with Crippen LogP contribution in [0.5, 0.6) is 23.0 Å². The maximum Gasteiger partial charge on any atom is 0.295 e. The summed E-state index contributed by atoms with van der Waals surface area (Å²) in [4.78, 5) is 68.4. The van der Waals surface area contributed by atoms with Crippen LogP contribution in [0.1, 0.15) is 45.2 Å². The molecule has 2 fully saturated rings. The molecule has 0 unspecified atom stereocenters. The lowest BCUT2D eigenvalue weighted by Crippen LogP contribution is -2.42. The molecule has 6 aromatic heterocycles. The van der Waals surface area contributed by atoms with E-state index in [-0.39, 0.29) is 54.9 Å². The molecular weight excluding hydrogens is 1020 g/mol. The Labute approximate surface area is 436 Å². The zero-order valence-electron chi connectivity index (χ0n) is 40.2. The van der Waals surface area contributed by atoms with Gasteiger partial charge in [-0.2, -0.15) is 20.2 Å². The normalized spacial score (nSPS) is 15.0. The van der Waals surface area contributed by atoms with Crippen molar-refractivity contribution in [2.75, 3.05) is 36.8 Å². The molecule has 2 aliphatic heterocycles. The van der Waals surface area contributed by atoms with E-state index in [1.165, 1.54) is 29.0 Å². The van der Waals surface area contributed by atoms with Crippen LogP contribution in [0.15, 0.2) is 121 Å². The number of likely N-dealkylation sites (tertiary alicyclic amines) is 1. The van der Waals surface area contributed by atoms with Crippen molar-refractivity contribution in [2.45, 2.75) is 45.2 Å². The standard InChI is InChI=1S/C25H23F2N7O3.C22H21F2N7O2.C3H3ClO.CH4/c1-3-22(35)33-8-4-5-18(14-33)34-23-15(11-28-25(31-23)30-17-12-29-32(2)13-17)9-21(24(34)36)37-20-7-6-16(26)10-19(20)27;1-30-12-15(10-27-30)28-22-26-9-13-7-19(33-18-5-4-14(23)8-17(18)24)21(32)31(20(13)29-22)16-3-2-6-25-11-16;1-2-3(4)5;/h3,6-7,9-13,18H,1,4-5,8,14H2,2H3,(H,28,30,31);4-5,7-10,12,16,25H,2-3,6,11H2,1H3,(H,26,28,29);2H,1H2;1H4/t18-;16-;;/m11../s1. The summed E-state index contributed by atoms with van der Waals surface area (Å²) in [5, 5.41) is 18.1. The van der Waals surface area contributed by atoms with Crippen LogP contribution in [0.3, 0.4) is 0 Å². The number of nitrogens with one attached hydrogen (secondary N) is 3. The van der Waals surface area contributed by atoms with Crippen molar-refractivity contribution in [3.8, 4) is 23.0 Å². The van der Waals surface area contributed by atoms with Crippen molar-refractivity contribution in [1.82, 2.24) is 58.8 Å². The van der Waals surface area contributed by atoms with Crippen molar-refractivity contribution in [3.63, 3.8) is 0 Å². The number of halogens is 5. The first-order chi connectivity index (χ1) is 36.1. The fourth-order valence-corrected chi connectivity index (χ4v) is 8.26. The quantitative estimate of drug-likeness (QED) is 0.0593. The molecule has 20 nitrogen and oxygen atoms in total. The third-order valence-corrected chi connectivity index (χ3v) is 11.8. The van der Waals surface area contributed by atoms with Crippen LogP contribution >= 0.6 is 11.6 Å². The third-order valence-electron chi connectivity index (χ3n) is 11.7. The lowest BCUT2D eigenvalue weighted by Gasteiger charge is -2.33. The molecule has 0 bridgehead atoms. The van der Waals surface area contributed by atoms with Crippen LogP contribution in [-0.4, -0.2) is 90.9 Å². The molecule has 396 valence electrons. The molecule has 8 aromatic rings. The highest BCUT2D eigenvalue weighted by molar-refractivity contribution is 6.66. The SMILES string of the molecule is C.C=CC(=O)Cl.C=CC(=O)N1CCC[C@@H](n2c(=O)c(Oc3ccc(F)cc3F)cc3cnc(Nc4cnn(C)c4)nc32)C1.Cn1cc(Nc2ncc3cc(Oc4ccc(F)cc4F)c(=O)n([C@@H]4CCCNC4)c3n2)cn1. The number of pyridine rings is 2. The monoisotopic (exact) mass is 1070 g/mol. The lowest BCUT2D eigenvalue weighted by atomic mass is 10.0. The van der Waals surface area contributed by atoms with Crippen LogP contribution in [-0.2, 0) is 23.7 Å². The zero-order valence-corrected chi connectivity index (χ0v) is 41.0. The van der Waals surface area contributed by atoms with Gasteiger partial charge in [0.2, 0.25) is 23.0 Å². The highest BCUT2D eigenvalue weighted by Crippen LogP contribution is 2.31. The predicted molar refractivity (Wildman–Crippen MR) is 277 cm³/mol. The second kappa shape index (κ2) is 24.5. The minimum atomic E-state index is -0.946. The molecule has 76 heavy (non-hydrogen) atoms. The average molecular weight is 1070 g/mol. The number of rotatable bonds is 12. The van der Waals surface area contributed by atoms with Crippen molar-refractivity contribution < 1.29 is 36.6 Å². The number of anilines is 4. The van der Waals surface area contributed by atoms with E-state index in [0.29, 0.717) is 77.5 Å². The van der Waals surface area contributed by atoms with Crippen LogP contribution in [0.4, 0.5) is 40.8 Å². The smallest absolute Gasteiger partial charge is 0.295 e. The van der Waals surface area contributed by atoms with Gasteiger partial charge in [-0.25, -0.2) is 27.5 Å². The second-order valence-electron chi connectivity index (χ2n) is 17.0. The number of aromatic nitrogens is 10. The Morgan fingerprint density at radius 2 is 1.20 bits per heavy atom.